The van der Waals surface area contributed by atoms with Gasteiger partial charge in [-0.15, -0.1) is 0 Å². The molecule has 1 radical (unpaired) electrons. The zero-order valence-electron chi connectivity index (χ0n) is 8.78. The van der Waals surface area contributed by atoms with Crippen molar-refractivity contribution in [1.82, 2.24) is 4.98 Å². The van der Waals surface area contributed by atoms with Gasteiger partial charge >= 0.3 is 0 Å². The highest BCUT2D eigenvalue weighted by Gasteiger charge is 2.06. The maximum Gasteiger partial charge on any atom is 0.284 e. The second kappa shape index (κ2) is 4.17. The Morgan fingerprint density at radius 1 is 1.33 bits per heavy atom. The molecule has 0 amide bonds. The molecule has 3 heteroatoms. The maximum atomic E-state index is 5.36. The van der Waals surface area contributed by atoms with Crippen molar-refractivity contribution in [2.45, 2.75) is 13.8 Å². The van der Waals surface area contributed by atoms with Gasteiger partial charge < -0.3 is 9.15 Å². The van der Waals surface area contributed by atoms with Crippen molar-refractivity contribution in [2.75, 3.05) is 6.61 Å². The van der Waals surface area contributed by atoms with Crippen LogP contribution in [0.5, 0.6) is 5.75 Å². The quantitative estimate of drug-likeness (QED) is 0.767. The van der Waals surface area contributed by atoms with Crippen LogP contribution in [-0.4, -0.2) is 11.6 Å². The molecule has 0 aliphatic rings. The molecule has 0 N–H and O–H groups in total. The molecule has 15 heavy (non-hydrogen) atoms. The molecule has 0 atom stereocenters. The summed E-state index contributed by atoms with van der Waals surface area (Å²) in [5.74, 6) is 1.64. The van der Waals surface area contributed by atoms with E-state index in [1.165, 1.54) is 0 Å². The van der Waals surface area contributed by atoms with Crippen LogP contribution in [0.2, 0.25) is 0 Å². The summed E-state index contributed by atoms with van der Waals surface area (Å²) in [6, 6.07) is 7.77. The van der Waals surface area contributed by atoms with Crippen LogP contribution in [0.25, 0.3) is 11.3 Å². The Labute approximate surface area is 88.7 Å². The predicted molar refractivity (Wildman–Crippen MR) is 56.7 cm³/mol. The highest BCUT2D eigenvalue weighted by atomic mass is 16.5. The van der Waals surface area contributed by atoms with Crippen LogP contribution in [0.4, 0.5) is 0 Å². The lowest BCUT2D eigenvalue weighted by molar-refractivity contribution is 0.340. The lowest BCUT2D eigenvalue weighted by Gasteiger charge is -2.03. The first-order valence-electron chi connectivity index (χ1n) is 4.88. The fourth-order valence-electron chi connectivity index (χ4n) is 1.41. The molecule has 0 aliphatic heterocycles. The third kappa shape index (κ3) is 2.01. The van der Waals surface area contributed by atoms with Gasteiger partial charge in [-0.1, -0.05) is 0 Å². The number of rotatable bonds is 3. The summed E-state index contributed by atoms with van der Waals surface area (Å²) in [6.45, 7) is 4.51. The normalized spacial score (nSPS) is 10.3. The van der Waals surface area contributed by atoms with E-state index in [0.29, 0.717) is 6.61 Å². The van der Waals surface area contributed by atoms with Gasteiger partial charge in [0, 0.05) is 5.56 Å². The zero-order valence-corrected chi connectivity index (χ0v) is 8.78. The monoisotopic (exact) mass is 202 g/mol. The summed E-state index contributed by atoms with van der Waals surface area (Å²) in [6.07, 6.45) is 2.48. The minimum absolute atomic E-state index is 0.677. The molecule has 1 aromatic carbocycles. The van der Waals surface area contributed by atoms with Crippen LogP contribution in [0.3, 0.4) is 0 Å². The molecule has 2 rings (SSSR count). The van der Waals surface area contributed by atoms with E-state index in [1.807, 2.05) is 38.1 Å². The van der Waals surface area contributed by atoms with Gasteiger partial charge in [0.1, 0.15) is 17.2 Å². The van der Waals surface area contributed by atoms with Gasteiger partial charge in [0.15, 0.2) is 0 Å². The smallest absolute Gasteiger partial charge is 0.284 e. The fourth-order valence-corrected chi connectivity index (χ4v) is 1.41. The number of hydrogen-bond acceptors (Lipinski definition) is 3. The Balaban J connectivity index is 2.28. The van der Waals surface area contributed by atoms with Crippen molar-refractivity contribution in [3.05, 3.63) is 36.4 Å². The number of oxazole rings is 1. The van der Waals surface area contributed by atoms with E-state index >= 15 is 0 Å². The number of hydrogen-bond donors (Lipinski definition) is 0. The topological polar surface area (TPSA) is 35.3 Å². The molecule has 3 nitrogen and oxygen atoms in total. The maximum absolute atomic E-state index is 5.36. The molecule has 0 saturated carbocycles. The van der Waals surface area contributed by atoms with Gasteiger partial charge in [-0.3, -0.25) is 0 Å². The van der Waals surface area contributed by atoms with Gasteiger partial charge in [-0.05, 0) is 38.1 Å². The second-order valence-corrected chi connectivity index (χ2v) is 3.17. The molecule has 2 aromatic rings. The van der Waals surface area contributed by atoms with E-state index in [0.717, 1.165) is 22.8 Å². The minimum atomic E-state index is 0.677. The van der Waals surface area contributed by atoms with Crippen LogP contribution < -0.4 is 4.74 Å². The van der Waals surface area contributed by atoms with Crippen LogP contribution >= 0.6 is 0 Å². The Morgan fingerprint density at radius 3 is 2.60 bits per heavy atom. The van der Waals surface area contributed by atoms with Crippen LogP contribution in [0.15, 0.2) is 28.7 Å². The fraction of sp³-hybridized carbons (Fsp3) is 0.250. The van der Waals surface area contributed by atoms with Gasteiger partial charge in [-0.25, -0.2) is 4.98 Å². The van der Waals surface area contributed by atoms with Gasteiger partial charge in [0.05, 0.1) is 6.61 Å². The van der Waals surface area contributed by atoms with Crippen LogP contribution in [0.1, 0.15) is 12.7 Å². The van der Waals surface area contributed by atoms with E-state index in [4.69, 9.17) is 9.15 Å². The van der Waals surface area contributed by atoms with Crippen molar-refractivity contribution in [2.24, 2.45) is 0 Å². The molecule has 0 fully saturated rings. The third-order valence-corrected chi connectivity index (χ3v) is 2.13. The molecular weight excluding hydrogens is 190 g/mol. The molecule has 1 aromatic heterocycles. The summed E-state index contributed by atoms with van der Waals surface area (Å²) in [5, 5.41) is 0. The Bertz CT molecular complexity index is 431. The lowest BCUT2D eigenvalue weighted by atomic mass is 10.1. The van der Waals surface area contributed by atoms with Gasteiger partial charge in [0.25, 0.3) is 6.39 Å². The SMILES string of the molecule is CCOc1ccc(-c2n[c]oc2C)cc1. The molecular formula is C12H12NO2. The van der Waals surface area contributed by atoms with E-state index in [1.54, 1.807) is 0 Å². The highest BCUT2D eigenvalue weighted by molar-refractivity contribution is 5.61. The average molecular weight is 202 g/mol. The Kier molecular flexibility index (Phi) is 2.72. The van der Waals surface area contributed by atoms with Crippen molar-refractivity contribution in [1.29, 1.82) is 0 Å². The minimum Gasteiger partial charge on any atom is -0.494 e. The molecule has 0 spiro atoms. The van der Waals surface area contributed by atoms with E-state index in [9.17, 15) is 0 Å². The van der Waals surface area contributed by atoms with E-state index in [-0.39, 0.29) is 0 Å². The number of ether oxygens (including phenoxy) is 1. The molecule has 0 saturated heterocycles. The number of aryl methyl sites for hydroxylation is 1. The molecule has 0 unspecified atom stereocenters. The first kappa shape index (κ1) is 9.77. The third-order valence-electron chi connectivity index (χ3n) is 2.13. The second-order valence-electron chi connectivity index (χ2n) is 3.17. The summed E-state index contributed by atoms with van der Waals surface area (Å²) in [7, 11) is 0. The van der Waals surface area contributed by atoms with Crippen molar-refractivity contribution >= 4 is 0 Å². The standard InChI is InChI=1S/C12H12NO2/c1-3-14-11-6-4-10(5-7-11)12-9(2)15-8-13-12/h4-7H,3H2,1-2H3. The summed E-state index contributed by atoms with van der Waals surface area (Å²) < 4.78 is 10.4. The molecule has 77 valence electrons. The predicted octanol–water partition coefficient (Wildman–Crippen LogP) is 2.85. The first-order valence-corrected chi connectivity index (χ1v) is 4.88. The average Bonchev–Trinajstić information content (AvgIpc) is 2.66. The lowest BCUT2D eigenvalue weighted by Crippen LogP contribution is -1.90. The van der Waals surface area contributed by atoms with E-state index < -0.39 is 0 Å². The number of aromatic nitrogens is 1. The van der Waals surface area contributed by atoms with Crippen LogP contribution in [0, 0.1) is 13.3 Å². The number of nitrogens with zero attached hydrogens (tertiary/aromatic N) is 1. The van der Waals surface area contributed by atoms with Crippen molar-refractivity contribution in [3.63, 3.8) is 0 Å². The Hall–Kier alpha value is -1.77. The molecule has 1 heterocycles. The summed E-state index contributed by atoms with van der Waals surface area (Å²) >= 11 is 0. The van der Waals surface area contributed by atoms with E-state index in [2.05, 4.69) is 11.4 Å². The molecule has 0 aliphatic carbocycles. The highest BCUT2D eigenvalue weighted by Crippen LogP contribution is 2.23. The van der Waals surface area contributed by atoms with Gasteiger partial charge in [0.2, 0.25) is 0 Å². The summed E-state index contributed by atoms with van der Waals surface area (Å²) in [4.78, 5) is 4.03. The van der Waals surface area contributed by atoms with Gasteiger partial charge in [-0.2, -0.15) is 0 Å². The molecule has 0 bridgehead atoms. The Morgan fingerprint density at radius 2 is 2.07 bits per heavy atom. The van der Waals surface area contributed by atoms with Crippen LogP contribution in [-0.2, 0) is 0 Å². The summed E-state index contributed by atoms with van der Waals surface area (Å²) in [5.41, 5.74) is 1.85. The first-order chi connectivity index (χ1) is 7.31. The number of benzene rings is 1. The largest absolute Gasteiger partial charge is 0.494 e. The zero-order chi connectivity index (χ0) is 10.7. The van der Waals surface area contributed by atoms with Crippen molar-refractivity contribution < 1.29 is 9.15 Å². The van der Waals surface area contributed by atoms with Crippen molar-refractivity contribution in [3.8, 4) is 17.0 Å².